The second-order valence-corrected chi connectivity index (χ2v) is 3.95. The number of aliphatic hydroxyl groups is 1. The highest BCUT2D eigenvalue weighted by Gasteiger charge is 2.39. The van der Waals surface area contributed by atoms with E-state index in [9.17, 15) is 4.79 Å². The first-order valence-corrected chi connectivity index (χ1v) is 5.10. The first kappa shape index (κ1) is 10.5. The van der Waals surface area contributed by atoms with Gasteiger partial charge in [0.25, 0.3) is 0 Å². The Morgan fingerprint density at radius 2 is 2.31 bits per heavy atom. The van der Waals surface area contributed by atoms with Crippen molar-refractivity contribution < 1.29 is 9.90 Å². The van der Waals surface area contributed by atoms with Crippen molar-refractivity contribution in [1.29, 1.82) is 0 Å². The van der Waals surface area contributed by atoms with Crippen LogP contribution in [0.1, 0.15) is 33.1 Å². The molecule has 1 saturated carbocycles. The maximum absolute atomic E-state index is 11.5. The molecule has 3 nitrogen and oxygen atoms in total. The van der Waals surface area contributed by atoms with Gasteiger partial charge in [-0.05, 0) is 25.2 Å². The summed E-state index contributed by atoms with van der Waals surface area (Å²) in [5, 5.41) is 11.7. The van der Waals surface area contributed by atoms with Crippen LogP contribution in [0.5, 0.6) is 0 Å². The van der Waals surface area contributed by atoms with Crippen molar-refractivity contribution in [2.24, 2.45) is 11.8 Å². The molecule has 1 amide bonds. The van der Waals surface area contributed by atoms with Gasteiger partial charge in [0.05, 0.1) is 0 Å². The van der Waals surface area contributed by atoms with Gasteiger partial charge in [-0.2, -0.15) is 0 Å². The Balaban J connectivity index is 2.24. The van der Waals surface area contributed by atoms with E-state index in [0.29, 0.717) is 12.3 Å². The van der Waals surface area contributed by atoms with E-state index in [4.69, 9.17) is 5.11 Å². The molecule has 0 spiro atoms. The number of carbonyl (C=O) groups excluding carboxylic acids is 1. The largest absolute Gasteiger partial charge is 0.396 e. The van der Waals surface area contributed by atoms with Crippen LogP contribution in [0.3, 0.4) is 0 Å². The molecule has 3 heteroatoms. The maximum Gasteiger partial charge on any atom is 0.223 e. The van der Waals surface area contributed by atoms with E-state index in [1.807, 2.05) is 6.92 Å². The van der Waals surface area contributed by atoms with Crippen LogP contribution in [0.2, 0.25) is 0 Å². The molecule has 3 unspecified atom stereocenters. The summed E-state index contributed by atoms with van der Waals surface area (Å²) in [5.41, 5.74) is 0. The third-order valence-electron chi connectivity index (χ3n) is 2.76. The number of rotatable bonds is 5. The van der Waals surface area contributed by atoms with Gasteiger partial charge in [-0.1, -0.05) is 13.8 Å². The van der Waals surface area contributed by atoms with E-state index in [0.717, 1.165) is 12.8 Å². The number of hydrogen-bond acceptors (Lipinski definition) is 2. The lowest BCUT2D eigenvalue weighted by Gasteiger charge is -2.15. The van der Waals surface area contributed by atoms with E-state index in [1.54, 1.807) is 0 Å². The Labute approximate surface area is 79.5 Å². The Morgan fingerprint density at radius 1 is 1.69 bits per heavy atom. The van der Waals surface area contributed by atoms with Crippen molar-refractivity contribution in [3.05, 3.63) is 0 Å². The highest BCUT2D eigenvalue weighted by atomic mass is 16.3. The highest BCUT2D eigenvalue weighted by molar-refractivity contribution is 5.81. The van der Waals surface area contributed by atoms with Crippen LogP contribution in [0.25, 0.3) is 0 Å². The second kappa shape index (κ2) is 4.61. The fourth-order valence-electron chi connectivity index (χ4n) is 1.53. The van der Waals surface area contributed by atoms with Crippen molar-refractivity contribution >= 4 is 5.91 Å². The van der Waals surface area contributed by atoms with Gasteiger partial charge in [0.1, 0.15) is 0 Å². The lowest BCUT2D eigenvalue weighted by Crippen LogP contribution is -2.36. The van der Waals surface area contributed by atoms with Gasteiger partial charge in [0.15, 0.2) is 0 Å². The molecular weight excluding hydrogens is 166 g/mol. The van der Waals surface area contributed by atoms with Crippen LogP contribution in [-0.2, 0) is 4.79 Å². The van der Waals surface area contributed by atoms with E-state index < -0.39 is 0 Å². The third kappa shape index (κ3) is 2.99. The third-order valence-corrected chi connectivity index (χ3v) is 2.76. The summed E-state index contributed by atoms with van der Waals surface area (Å²) in [6, 6.07) is 0.158. The van der Waals surface area contributed by atoms with Crippen molar-refractivity contribution in [3.63, 3.8) is 0 Å². The molecule has 1 aliphatic rings. The van der Waals surface area contributed by atoms with Gasteiger partial charge in [0, 0.05) is 18.6 Å². The van der Waals surface area contributed by atoms with Crippen LogP contribution in [-0.4, -0.2) is 23.7 Å². The number of nitrogens with one attached hydrogen (secondary N) is 1. The summed E-state index contributed by atoms with van der Waals surface area (Å²) in [5.74, 6) is 0.979. The van der Waals surface area contributed by atoms with Crippen LogP contribution in [0.4, 0.5) is 0 Å². The lowest BCUT2D eigenvalue weighted by molar-refractivity contribution is -0.123. The Kier molecular flexibility index (Phi) is 3.72. The molecule has 0 aromatic carbocycles. The molecule has 0 radical (unpaired) electrons. The molecule has 0 aromatic heterocycles. The van der Waals surface area contributed by atoms with Crippen molar-refractivity contribution in [1.82, 2.24) is 5.32 Å². The van der Waals surface area contributed by atoms with E-state index in [2.05, 4.69) is 12.2 Å². The maximum atomic E-state index is 11.5. The van der Waals surface area contributed by atoms with Crippen LogP contribution in [0.15, 0.2) is 0 Å². The molecule has 76 valence electrons. The smallest absolute Gasteiger partial charge is 0.223 e. The molecule has 0 heterocycles. The van der Waals surface area contributed by atoms with Crippen molar-refractivity contribution in [2.45, 2.75) is 39.2 Å². The molecule has 1 fully saturated rings. The van der Waals surface area contributed by atoms with E-state index in [1.165, 1.54) is 0 Å². The van der Waals surface area contributed by atoms with Gasteiger partial charge in [-0.15, -0.1) is 0 Å². The molecule has 0 aromatic rings. The molecule has 3 atom stereocenters. The average Bonchev–Trinajstić information content (AvgIpc) is 2.82. The number of hydrogen-bond donors (Lipinski definition) is 2. The number of carbonyl (C=O) groups is 1. The predicted molar refractivity (Wildman–Crippen MR) is 51.2 cm³/mol. The lowest BCUT2D eigenvalue weighted by atomic mass is 10.1. The zero-order chi connectivity index (χ0) is 9.84. The molecule has 2 N–H and O–H groups in total. The van der Waals surface area contributed by atoms with Crippen LogP contribution >= 0.6 is 0 Å². The molecule has 13 heavy (non-hydrogen) atoms. The fraction of sp³-hybridized carbons (Fsp3) is 0.900. The number of aliphatic hydroxyl groups excluding tert-OH is 1. The normalized spacial score (nSPS) is 28.2. The minimum Gasteiger partial charge on any atom is -0.396 e. The molecular formula is C10H19NO2. The zero-order valence-electron chi connectivity index (χ0n) is 8.42. The molecule has 0 saturated heterocycles. The minimum absolute atomic E-state index is 0.152. The second-order valence-electron chi connectivity index (χ2n) is 3.95. The Morgan fingerprint density at radius 3 is 2.69 bits per heavy atom. The van der Waals surface area contributed by atoms with Gasteiger partial charge >= 0.3 is 0 Å². The standard InChI is InChI=1S/C10H19NO2/c1-3-8(4-5-12)11-10(13)9-6-7(9)2/h7-9,12H,3-6H2,1-2H3,(H,11,13). The van der Waals surface area contributed by atoms with Gasteiger partial charge in [0.2, 0.25) is 5.91 Å². The number of amides is 1. The highest BCUT2D eigenvalue weighted by Crippen LogP contribution is 2.37. The fourth-order valence-corrected chi connectivity index (χ4v) is 1.53. The van der Waals surface area contributed by atoms with E-state index in [-0.39, 0.29) is 24.5 Å². The molecule has 1 rings (SSSR count). The summed E-state index contributed by atoms with van der Waals surface area (Å²) < 4.78 is 0. The van der Waals surface area contributed by atoms with Crippen LogP contribution < -0.4 is 5.32 Å². The van der Waals surface area contributed by atoms with Crippen LogP contribution in [0, 0.1) is 11.8 Å². The monoisotopic (exact) mass is 185 g/mol. The van der Waals surface area contributed by atoms with Crippen molar-refractivity contribution in [2.75, 3.05) is 6.61 Å². The predicted octanol–water partition coefficient (Wildman–Crippen LogP) is 0.920. The molecule has 1 aliphatic carbocycles. The molecule has 0 aliphatic heterocycles. The molecule has 0 bridgehead atoms. The van der Waals surface area contributed by atoms with Gasteiger partial charge < -0.3 is 10.4 Å². The quantitative estimate of drug-likeness (QED) is 0.669. The zero-order valence-corrected chi connectivity index (χ0v) is 8.42. The van der Waals surface area contributed by atoms with Gasteiger partial charge in [-0.25, -0.2) is 0 Å². The van der Waals surface area contributed by atoms with Crippen molar-refractivity contribution in [3.8, 4) is 0 Å². The topological polar surface area (TPSA) is 49.3 Å². The first-order valence-electron chi connectivity index (χ1n) is 5.10. The van der Waals surface area contributed by atoms with E-state index >= 15 is 0 Å². The summed E-state index contributed by atoms with van der Waals surface area (Å²) in [6.45, 7) is 4.27. The summed E-state index contributed by atoms with van der Waals surface area (Å²) >= 11 is 0. The Bertz CT molecular complexity index is 182. The SMILES string of the molecule is CCC(CCO)NC(=O)C1CC1C. The average molecular weight is 185 g/mol. The first-order chi connectivity index (χ1) is 6.19. The minimum atomic E-state index is 0.152. The van der Waals surface area contributed by atoms with Gasteiger partial charge in [-0.3, -0.25) is 4.79 Å². The summed E-state index contributed by atoms with van der Waals surface area (Å²) in [6.07, 6.45) is 2.60. The summed E-state index contributed by atoms with van der Waals surface area (Å²) in [4.78, 5) is 11.5. The Hall–Kier alpha value is -0.570. The summed E-state index contributed by atoms with van der Waals surface area (Å²) in [7, 11) is 0.